The molecule has 4 rings (SSSR count). The van der Waals surface area contributed by atoms with Crippen molar-refractivity contribution in [3.8, 4) is 0 Å². The first kappa shape index (κ1) is 20.8. The number of methoxy groups -OCH3 is 3. The average Bonchev–Trinajstić information content (AvgIpc) is 2.77. The number of ether oxygens (including phenoxy) is 3. The summed E-state index contributed by atoms with van der Waals surface area (Å²) in [5.41, 5.74) is 2.15. The molecule has 0 amide bonds. The second kappa shape index (κ2) is 7.67. The predicted octanol–water partition coefficient (Wildman–Crippen LogP) is 1.88. The van der Waals surface area contributed by atoms with E-state index in [1.807, 2.05) is 37.3 Å². The zero-order valence-electron chi connectivity index (χ0n) is 17.5. The molecular formula is C23H25NO5S. The van der Waals surface area contributed by atoms with Crippen LogP contribution in [0.1, 0.15) is 12.0 Å². The van der Waals surface area contributed by atoms with Crippen LogP contribution in [0.3, 0.4) is 0 Å². The van der Waals surface area contributed by atoms with Gasteiger partial charge in [0.1, 0.15) is 6.10 Å². The lowest BCUT2D eigenvalue weighted by atomic mass is 9.85. The zero-order valence-corrected chi connectivity index (χ0v) is 18.3. The van der Waals surface area contributed by atoms with Gasteiger partial charge in [-0.05, 0) is 35.9 Å². The molecule has 0 fully saturated rings. The van der Waals surface area contributed by atoms with Crippen LogP contribution in [0.5, 0.6) is 0 Å². The molecule has 7 heteroatoms. The summed E-state index contributed by atoms with van der Waals surface area (Å²) >= 11 is 0. The standard InChI is InChI=1S/C23H25NO5S/c1-16-9-11-18(12-10-16)30(25,26)24-15-17-7-5-6-8-19(17)22-20(24)13-14-21(27-2)23(22,28-3)29-4/h5-13,15,21H,14H2,1-4H3. The number of rotatable bonds is 5. The van der Waals surface area contributed by atoms with Gasteiger partial charge in [0, 0.05) is 33.1 Å². The number of fused-ring (bicyclic) bond motifs is 2. The SMILES string of the molecule is COC1CC=C2C(=c3ccccc3=CN2S(=O)(=O)c2ccc(C)cc2)C1(OC)OC. The molecule has 2 aromatic rings. The molecule has 0 radical (unpaired) electrons. The van der Waals surface area contributed by atoms with Crippen LogP contribution in [-0.4, -0.2) is 45.9 Å². The van der Waals surface area contributed by atoms with E-state index in [1.54, 1.807) is 51.8 Å². The van der Waals surface area contributed by atoms with E-state index in [2.05, 4.69) is 0 Å². The molecule has 6 nitrogen and oxygen atoms in total. The molecule has 30 heavy (non-hydrogen) atoms. The fourth-order valence-electron chi connectivity index (χ4n) is 4.20. The molecule has 2 aliphatic rings. The van der Waals surface area contributed by atoms with Crippen molar-refractivity contribution in [2.75, 3.05) is 21.3 Å². The van der Waals surface area contributed by atoms with Gasteiger partial charge in [-0.1, -0.05) is 48.0 Å². The summed E-state index contributed by atoms with van der Waals surface area (Å²) in [6.45, 7) is 1.92. The van der Waals surface area contributed by atoms with E-state index in [0.717, 1.165) is 16.0 Å². The Morgan fingerprint density at radius 3 is 2.30 bits per heavy atom. The van der Waals surface area contributed by atoms with Crippen LogP contribution >= 0.6 is 0 Å². The number of aryl methyl sites for hydroxylation is 1. The van der Waals surface area contributed by atoms with Crippen LogP contribution in [0.15, 0.2) is 65.2 Å². The zero-order chi connectivity index (χ0) is 21.5. The molecule has 0 N–H and O–H groups in total. The highest BCUT2D eigenvalue weighted by molar-refractivity contribution is 7.89. The van der Waals surface area contributed by atoms with Gasteiger partial charge in [0.15, 0.2) is 0 Å². The molecule has 1 aliphatic heterocycles. The Labute approximate surface area is 176 Å². The van der Waals surface area contributed by atoms with E-state index >= 15 is 0 Å². The van der Waals surface area contributed by atoms with Crippen LogP contribution in [0, 0.1) is 6.92 Å². The maximum atomic E-state index is 13.6. The highest BCUT2D eigenvalue weighted by atomic mass is 32.2. The monoisotopic (exact) mass is 427 g/mol. The molecule has 0 saturated carbocycles. The maximum absolute atomic E-state index is 13.6. The Balaban J connectivity index is 2.02. The number of nitrogens with zero attached hydrogens (tertiary/aromatic N) is 1. The predicted molar refractivity (Wildman–Crippen MR) is 114 cm³/mol. The smallest absolute Gasteiger partial charge is 0.268 e. The maximum Gasteiger partial charge on any atom is 0.268 e. The van der Waals surface area contributed by atoms with Crippen molar-refractivity contribution in [1.29, 1.82) is 0 Å². The van der Waals surface area contributed by atoms with E-state index in [9.17, 15) is 8.42 Å². The van der Waals surface area contributed by atoms with Crippen LogP contribution in [-0.2, 0) is 24.2 Å². The fraction of sp³-hybridized carbons (Fsp3) is 0.304. The highest BCUT2D eigenvalue weighted by Gasteiger charge is 2.50. The summed E-state index contributed by atoms with van der Waals surface area (Å²) in [6, 6.07) is 14.4. The minimum absolute atomic E-state index is 0.221. The summed E-state index contributed by atoms with van der Waals surface area (Å²) < 4.78 is 46.0. The van der Waals surface area contributed by atoms with Gasteiger partial charge in [-0.3, -0.25) is 0 Å². The molecule has 1 heterocycles. The summed E-state index contributed by atoms with van der Waals surface area (Å²) in [5.74, 6) is -1.25. The van der Waals surface area contributed by atoms with Gasteiger partial charge >= 0.3 is 0 Å². The quantitative estimate of drug-likeness (QED) is 0.682. The third-order valence-corrected chi connectivity index (χ3v) is 7.43. The van der Waals surface area contributed by atoms with E-state index in [0.29, 0.717) is 17.7 Å². The third kappa shape index (κ3) is 3.01. The van der Waals surface area contributed by atoms with Gasteiger partial charge in [0.05, 0.1) is 10.6 Å². The Morgan fingerprint density at radius 2 is 1.67 bits per heavy atom. The number of sulfonamides is 1. The molecule has 0 saturated heterocycles. The van der Waals surface area contributed by atoms with E-state index in [1.165, 1.54) is 4.31 Å². The van der Waals surface area contributed by atoms with E-state index in [-0.39, 0.29) is 4.90 Å². The molecule has 1 aliphatic carbocycles. The number of hydrogen-bond acceptors (Lipinski definition) is 5. The first-order valence-electron chi connectivity index (χ1n) is 9.65. The van der Waals surface area contributed by atoms with Crippen molar-refractivity contribution in [1.82, 2.24) is 4.31 Å². The van der Waals surface area contributed by atoms with Crippen molar-refractivity contribution < 1.29 is 22.6 Å². The second-order valence-corrected chi connectivity index (χ2v) is 9.15. The van der Waals surface area contributed by atoms with Crippen molar-refractivity contribution >= 4 is 21.8 Å². The van der Waals surface area contributed by atoms with Crippen molar-refractivity contribution in [2.45, 2.75) is 30.1 Å². The van der Waals surface area contributed by atoms with Crippen molar-refractivity contribution in [3.05, 3.63) is 76.3 Å². The lowest BCUT2D eigenvalue weighted by Gasteiger charge is -2.45. The lowest BCUT2D eigenvalue weighted by Crippen LogP contribution is -2.56. The first-order valence-corrected chi connectivity index (χ1v) is 11.1. The summed E-state index contributed by atoms with van der Waals surface area (Å²) in [5, 5.41) is 1.61. The number of benzene rings is 2. The van der Waals surface area contributed by atoms with Crippen LogP contribution < -0.4 is 10.4 Å². The average molecular weight is 428 g/mol. The van der Waals surface area contributed by atoms with Gasteiger partial charge in [-0.15, -0.1) is 0 Å². The number of hydrogen-bond donors (Lipinski definition) is 0. The molecule has 0 bridgehead atoms. The van der Waals surface area contributed by atoms with Crippen LogP contribution in [0.4, 0.5) is 0 Å². The second-order valence-electron chi connectivity index (χ2n) is 7.33. The normalized spacial score (nSPS) is 20.1. The van der Waals surface area contributed by atoms with Crippen molar-refractivity contribution in [2.24, 2.45) is 0 Å². The Kier molecular flexibility index (Phi) is 5.32. The summed E-state index contributed by atoms with van der Waals surface area (Å²) in [7, 11) is 0.843. The van der Waals surface area contributed by atoms with Crippen LogP contribution in [0.2, 0.25) is 0 Å². The molecular weight excluding hydrogens is 402 g/mol. The molecule has 2 aromatic carbocycles. The van der Waals surface area contributed by atoms with E-state index < -0.39 is 21.9 Å². The third-order valence-electron chi connectivity index (χ3n) is 5.75. The van der Waals surface area contributed by atoms with E-state index in [4.69, 9.17) is 14.2 Å². The molecule has 1 atom stereocenters. The minimum atomic E-state index is -3.85. The molecule has 0 spiro atoms. The fourth-order valence-corrected chi connectivity index (χ4v) is 5.58. The molecule has 158 valence electrons. The molecule has 1 unspecified atom stereocenters. The minimum Gasteiger partial charge on any atom is -0.375 e. The Morgan fingerprint density at radius 1 is 1.00 bits per heavy atom. The topological polar surface area (TPSA) is 65.1 Å². The lowest BCUT2D eigenvalue weighted by molar-refractivity contribution is -0.226. The van der Waals surface area contributed by atoms with Gasteiger partial charge < -0.3 is 14.2 Å². The van der Waals surface area contributed by atoms with Gasteiger partial charge in [-0.25, -0.2) is 12.7 Å². The Hall–Kier alpha value is -2.45. The molecule has 0 aromatic heterocycles. The van der Waals surface area contributed by atoms with Crippen molar-refractivity contribution in [3.63, 3.8) is 0 Å². The van der Waals surface area contributed by atoms with Gasteiger partial charge in [0.2, 0.25) is 5.79 Å². The summed E-state index contributed by atoms with van der Waals surface area (Å²) in [4.78, 5) is 0.221. The van der Waals surface area contributed by atoms with Gasteiger partial charge in [-0.2, -0.15) is 0 Å². The Bertz CT molecular complexity index is 1210. The largest absolute Gasteiger partial charge is 0.375 e. The highest BCUT2D eigenvalue weighted by Crippen LogP contribution is 2.42. The van der Waals surface area contributed by atoms with Crippen LogP contribution in [0.25, 0.3) is 11.8 Å². The summed E-state index contributed by atoms with van der Waals surface area (Å²) in [6.07, 6.45) is 3.54. The first-order chi connectivity index (χ1) is 14.4. The van der Waals surface area contributed by atoms with Gasteiger partial charge in [0.25, 0.3) is 10.0 Å².